The minimum atomic E-state index is -1.92. The lowest BCUT2D eigenvalue weighted by Gasteiger charge is -2.71. The number of fused-ring (bicyclic) bond motifs is 7. The molecule has 0 aromatic heterocycles. The molecular weight excluding hydrogens is 1010 g/mol. The third-order valence-corrected chi connectivity index (χ3v) is 21.1. The van der Waals surface area contributed by atoms with Crippen LogP contribution in [-0.4, -0.2) is 222 Å². The molecule has 4 saturated carbocycles. The summed E-state index contributed by atoms with van der Waals surface area (Å²) in [6, 6.07) is -1.36. The Kier molecular flexibility index (Phi) is 16.7. The Hall–Kier alpha value is -2.08. The number of carboxylic acids is 1. The number of aliphatic carboxylic acids is 1. The van der Waals surface area contributed by atoms with E-state index in [2.05, 4.69) is 59.9 Å². The van der Waals surface area contributed by atoms with Crippen molar-refractivity contribution in [2.75, 3.05) is 26.4 Å². The summed E-state index contributed by atoms with van der Waals surface area (Å²) in [6.45, 7) is 14.6. The molecule has 4 aliphatic heterocycles. The first kappa shape index (κ1) is 59.5. The Balaban J connectivity index is 0.991. The molecule has 4 heterocycles. The second kappa shape index (κ2) is 21.6. The van der Waals surface area contributed by atoms with Gasteiger partial charge in [-0.3, -0.25) is 9.59 Å². The average molecular weight is 1100 g/mol. The maximum Gasteiger partial charge on any atom is 0.312 e. The number of ether oxygens (including phenoxy) is 8. The monoisotopic (exact) mass is 1100 g/mol. The first-order chi connectivity index (χ1) is 36.0. The van der Waals surface area contributed by atoms with Crippen LogP contribution in [0, 0.1) is 50.2 Å². The predicted molar refractivity (Wildman–Crippen MR) is 264 cm³/mol. The maximum atomic E-state index is 13.3. The first-order valence-electron chi connectivity index (χ1n) is 27.7. The van der Waals surface area contributed by atoms with Crippen molar-refractivity contribution in [1.82, 2.24) is 5.32 Å². The van der Waals surface area contributed by atoms with Gasteiger partial charge in [-0.2, -0.15) is 0 Å². The number of amides is 1. The minimum Gasteiger partial charge on any atom is -0.481 e. The standard InChI is InChI=1S/C54H87NO22/c1-23(57)55-34-38(64)42(76-46-41(67)39(65)37(63)28(19-56)73-46)29(22-72-47-43(36(62)27(59)21-71-47)77-45-40(66)35(61)26(58)20-70-45)74-44(34)75-33-12-13-51(6)30(50(33,4)5)11-14-52(7)31(51)10-9-24-25-17-49(2,3)15-16-54(25,48(68)69)32(60)18-53(24,52)8/h9,25-47,56,58-67H,10-22H2,1-8H3,(H,55,57)(H,68,69)/t25-,26+,27-,28+,29+,30-,31+,32+,33-,34+,35-,36-,37+,38+,39-,40+,41+,42+,43+,44-,45-,46-,47-,51-,52+,53+,54+/m0/s1. The molecule has 0 aromatic rings. The molecule has 0 unspecified atom stereocenters. The highest BCUT2D eigenvalue weighted by Gasteiger charge is 2.72. The lowest BCUT2D eigenvalue weighted by atomic mass is 9.33. The molecule has 0 bridgehead atoms. The number of hydrogen-bond acceptors (Lipinski definition) is 21. The first-order valence-corrected chi connectivity index (χ1v) is 27.7. The molecule has 13 N–H and O–H groups in total. The Morgan fingerprint density at radius 1 is 0.662 bits per heavy atom. The minimum absolute atomic E-state index is 0.0675. The smallest absolute Gasteiger partial charge is 0.312 e. The van der Waals surface area contributed by atoms with Crippen molar-refractivity contribution in [2.24, 2.45) is 50.2 Å². The molecule has 440 valence electrons. The molecular formula is C54H87NO22. The van der Waals surface area contributed by atoms with Crippen LogP contribution in [0.5, 0.6) is 0 Å². The van der Waals surface area contributed by atoms with Crippen LogP contribution in [0.2, 0.25) is 0 Å². The van der Waals surface area contributed by atoms with E-state index in [0.717, 1.165) is 25.7 Å². The number of nitrogens with one attached hydrogen (secondary N) is 1. The van der Waals surface area contributed by atoms with Crippen LogP contribution in [-0.2, 0) is 47.5 Å². The molecule has 0 radical (unpaired) electrons. The number of carbonyl (C=O) groups excluding carboxylic acids is 1. The Morgan fingerprint density at radius 3 is 1.96 bits per heavy atom. The van der Waals surface area contributed by atoms with Crippen molar-refractivity contribution in [3.05, 3.63) is 11.6 Å². The summed E-state index contributed by atoms with van der Waals surface area (Å²) in [5.41, 5.74) is -1.72. The van der Waals surface area contributed by atoms with Gasteiger partial charge in [0.1, 0.15) is 90.8 Å². The second-order valence-electron chi connectivity index (χ2n) is 26.3. The molecule has 0 aromatic carbocycles. The van der Waals surface area contributed by atoms with E-state index in [4.69, 9.17) is 37.9 Å². The zero-order valence-electron chi connectivity index (χ0n) is 45.5. The predicted octanol–water partition coefficient (Wildman–Crippen LogP) is -1.08. The van der Waals surface area contributed by atoms with Crippen LogP contribution in [0.1, 0.15) is 113 Å². The molecule has 1 amide bonds. The van der Waals surface area contributed by atoms with Crippen LogP contribution in [0.4, 0.5) is 0 Å². The fourth-order valence-corrected chi connectivity index (χ4v) is 16.5. The van der Waals surface area contributed by atoms with E-state index < -0.39 is 177 Å². The zero-order chi connectivity index (χ0) is 56.3. The number of rotatable bonds is 12. The molecule has 77 heavy (non-hydrogen) atoms. The van der Waals surface area contributed by atoms with Gasteiger partial charge < -0.3 is 104 Å². The second-order valence-corrected chi connectivity index (χ2v) is 26.3. The van der Waals surface area contributed by atoms with E-state index in [1.54, 1.807) is 0 Å². The van der Waals surface area contributed by atoms with Crippen molar-refractivity contribution in [2.45, 2.75) is 236 Å². The lowest BCUT2D eigenvalue weighted by molar-refractivity contribution is -0.368. The summed E-state index contributed by atoms with van der Waals surface area (Å²) in [5.74, 6) is -1.56. The Morgan fingerprint density at radius 2 is 1.30 bits per heavy atom. The van der Waals surface area contributed by atoms with Gasteiger partial charge in [0.05, 0.1) is 38.6 Å². The van der Waals surface area contributed by atoms with Gasteiger partial charge in [0, 0.05) is 6.92 Å². The van der Waals surface area contributed by atoms with E-state index in [-0.39, 0.29) is 34.0 Å². The largest absolute Gasteiger partial charge is 0.481 e. The van der Waals surface area contributed by atoms with Crippen molar-refractivity contribution >= 4 is 11.9 Å². The van der Waals surface area contributed by atoms with Crippen LogP contribution >= 0.6 is 0 Å². The quantitative estimate of drug-likeness (QED) is 0.0817. The maximum absolute atomic E-state index is 13.3. The fourth-order valence-electron chi connectivity index (χ4n) is 16.5. The Bertz CT molecular complexity index is 2170. The van der Waals surface area contributed by atoms with Gasteiger partial charge in [-0.1, -0.05) is 60.1 Å². The fraction of sp³-hybridized carbons (Fsp3) is 0.926. The van der Waals surface area contributed by atoms with Gasteiger partial charge in [0.2, 0.25) is 5.91 Å². The number of aliphatic hydroxyl groups excluding tert-OH is 11. The summed E-state index contributed by atoms with van der Waals surface area (Å²) in [4.78, 5) is 26.3. The lowest BCUT2D eigenvalue weighted by Crippen LogP contribution is -2.69. The van der Waals surface area contributed by atoms with Gasteiger partial charge in [0.25, 0.3) is 0 Å². The molecule has 0 spiro atoms. The average Bonchev–Trinajstić information content (AvgIpc) is 3.37. The number of allylic oxidation sites excluding steroid dienone is 2. The molecule has 5 aliphatic carbocycles. The van der Waals surface area contributed by atoms with Gasteiger partial charge in [-0.05, 0) is 103 Å². The van der Waals surface area contributed by atoms with Crippen molar-refractivity contribution in [1.29, 1.82) is 0 Å². The zero-order valence-corrected chi connectivity index (χ0v) is 45.5. The molecule has 27 atom stereocenters. The molecule has 23 heteroatoms. The van der Waals surface area contributed by atoms with Gasteiger partial charge >= 0.3 is 5.97 Å². The highest BCUT2D eigenvalue weighted by Crippen LogP contribution is 2.76. The summed E-state index contributed by atoms with van der Waals surface area (Å²) in [7, 11) is 0. The molecule has 8 fully saturated rings. The molecule has 9 aliphatic rings. The van der Waals surface area contributed by atoms with E-state index in [1.807, 2.05) is 0 Å². The summed E-state index contributed by atoms with van der Waals surface area (Å²) in [6.07, 6.45) is -21.4. The highest BCUT2D eigenvalue weighted by atomic mass is 16.8. The summed E-state index contributed by atoms with van der Waals surface area (Å²) < 4.78 is 48.8. The molecule has 23 nitrogen and oxygen atoms in total. The number of aliphatic hydroxyl groups is 11. The third kappa shape index (κ3) is 9.96. The molecule has 4 saturated heterocycles. The summed E-state index contributed by atoms with van der Waals surface area (Å²) in [5, 5.41) is 133. The topological polar surface area (TPSA) is 363 Å². The van der Waals surface area contributed by atoms with Crippen molar-refractivity contribution in [3.8, 4) is 0 Å². The molecule has 9 rings (SSSR count). The number of hydrogen-bond donors (Lipinski definition) is 13. The van der Waals surface area contributed by atoms with Crippen molar-refractivity contribution in [3.63, 3.8) is 0 Å². The summed E-state index contributed by atoms with van der Waals surface area (Å²) >= 11 is 0. The highest BCUT2D eigenvalue weighted by molar-refractivity contribution is 5.77. The SMILES string of the molecule is CC(=O)N[C@H]1[C@H](O[C@H]2CC[C@]3(C)[C@H]4CC=C5[C@@H]6CC(C)(C)CC[C@]6(C(=O)O)[C@H](O)C[C@@]5(C)[C@]4(C)CC[C@H]3C2(C)C)O[C@H](CO[C@@H]2OC[C@H](O)[C@H](O)[C@H]2O[C@@H]2OC[C@@H](O)[C@H](O)[C@H]2O)[C@@H](O[C@@H]2O[C@H](CO)[C@@H](O)[C@H](O)[C@H]2O)[C@@H]1O. The number of carboxylic acid groups (broad SMARTS) is 1. The van der Waals surface area contributed by atoms with E-state index in [1.165, 1.54) is 12.5 Å². The number of carbonyl (C=O) groups is 2. The van der Waals surface area contributed by atoms with Gasteiger partial charge in [-0.15, -0.1) is 0 Å². The van der Waals surface area contributed by atoms with Crippen LogP contribution in [0.25, 0.3) is 0 Å². The van der Waals surface area contributed by atoms with Crippen molar-refractivity contribution < 1.29 is 109 Å². The van der Waals surface area contributed by atoms with E-state index >= 15 is 0 Å². The Labute approximate surface area is 449 Å². The van der Waals surface area contributed by atoms with Crippen LogP contribution < -0.4 is 5.32 Å². The van der Waals surface area contributed by atoms with E-state index in [0.29, 0.717) is 32.1 Å². The third-order valence-electron chi connectivity index (χ3n) is 21.1. The van der Waals surface area contributed by atoms with Crippen LogP contribution in [0.15, 0.2) is 11.6 Å². The normalized spacial score (nSPS) is 52.4. The van der Waals surface area contributed by atoms with Gasteiger partial charge in [-0.25, -0.2) is 0 Å². The van der Waals surface area contributed by atoms with Gasteiger partial charge in [0.15, 0.2) is 25.2 Å². The van der Waals surface area contributed by atoms with Crippen LogP contribution in [0.3, 0.4) is 0 Å². The van der Waals surface area contributed by atoms with E-state index in [9.17, 15) is 70.9 Å².